The number of aromatic amines is 1. The van der Waals surface area contributed by atoms with Crippen molar-refractivity contribution >= 4 is 22.6 Å². The van der Waals surface area contributed by atoms with Gasteiger partial charge in [-0.1, -0.05) is 6.08 Å². The van der Waals surface area contributed by atoms with Crippen molar-refractivity contribution in [2.24, 2.45) is 5.41 Å². The van der Waals surface area contributed by atoms with Crippen LogP contribution in [0.3, 0.4) is 0 Å². The Bertz CT molecular complexity index is 1520. The van der Waals surface area contributed by atoms with E-state index in [0.717, 1.165) is 60.1 Å². The Balaban J connectivity index is 0.948. The number of hydrogen-bond acceptors (Lipinski definition) is 8. The van der Waals surface area contributed by atoms with Gasteiger partial charge in [0.1, 0.15) is 5.76 Å². The molecule has 1 spiro atoms. The first-order valence-electron chi connectivity index (χ1n) is 16.1. The highest BCUT2D eigenvalue weighted by molar-refractivity contribution is 5.87. The fraction of sp³-hybridized carbons (Fsp3) is 0.576. The van der Waals surface area contributed by atoms with E-state index in [1.54, 1.807) is 0 Å². The summed E-state index contributed by atoms with van der Waals surface area (Å²) in [6.45, 7) is 7.97. The van der Waals surface area contributed by atoms with Crippen molar-refractivity contribution in [1.29, 1.82) is 0 Å². The average molecular weight is 567 g/mol. The van der Waals surface area contributed by atoms with E-state index in [-0.39, 0.29) is 6.04 Å². The van der Waals surface area contributed by atoms with E-state index in [4.69, 9.17) is 9.97 Å². The molecule has 0 unspecified atom stereocenters. The number of hydrogen-bond donors (Lipinski definition) is 3. The zero-order valence-corrected chi connectivity index (χ0v) is 24.6. The minimum atomic E-state index is 0.100. The van der Waals surface area contributed by atoms with E-state index >= 15 is 0 Å². The zero-order valence-electron chi connectivity index (χ0n) is 24.6. The van der Waals surface area contributed by atoms with Gasteiger partial charge in [0.25, 0.3) is 0 Å². The number of aromatic nitrogens is 5. The number of H-pyrrole nitrogens is 1. The van der Waals surface area contributed by atoms with Crippen LogP contribution in [-0.2, 0) is 6.42 Å². The Labute approximate surface area is 247 Å². The quantitative estimate of drug-likeness (QED) is 0.396. The molecular formula is C33H42N8O. The largest absolute Gasteiger partial charge is 0.508 e. The van der Waals surface area contributed by atoms with Gasteiger partial charge in [-0.3, -0.25) is 0 Å². The molecule has 0 radical (unpaired) electrons. The number of fused-ring (bicyclic) bond motifs is 3. The SMILES string of the molecule is C[C@@H]1c2c([nH]c3nnc(C4=CCCC=C4O)cc23)CCN1c1ncc(C2CCN(C3CCC4(CC3)CNC4)CC2)cn1. The number of nitrogens with one attached hydrogen (secondary N) is 2. The summed E-state index contributed by atoms with van der Waals surface area (Å²) < 4.78 is 0. The Kier molecular flexibility index (Phi) is 6.55. The van der Waals surface area contributed by atoms with Gasteiger partial charge in [-0.25, -0.2) is 9.97 Å². The molecule has 5 aliphatic rings. The summed E-state index contributed by atoms with van der Waals surface area (Å²) in [5.41, 5.74) is 6.65. The van der Waals surface area contributed by atoms with Crippen LogP contribution in [0, 0.1) is 5.41 Å². The first-order valence-corrected chi connectivity index (χ1v) is 16.1. The first-order chi connectivity index (χ1) is 20.6. The molecule has 0 bridgehead atoms. The predicted molar refractivity (Wildman–Crippen MR) is 164 cm³/mol. The molecule has 2 saturated heterocycles. The van der Waals surface area contributed by atoms with Gasteiger partial charge in [0, 0.05) is 66.7 Å². The van der Waals surface area contributed by atoms with Crippen molar-refractivity contribution < 1.29 is 5.11 Å². The lowest BCUT2D eigenvalue weighted by Gasteiger charge is -2.50. The van der Waals surface area contributed by atoms with Gasteiger partial charge in [-0.2, -0.15) is 0 Å². The van der Waals surface area contributed by atoms with Crippen LogP contribution in [0.5, 0.6) is 0 Å². The fourth-order valence-electron chi connectivity index (χ4n) is 8.32. The molecule has 42 heavy (non-hydrogen) atoms. The Morgan fingerprint density at radius 3 is 2.43 bits per heavy atom. The zero-order chi connectivity index (χ0) is 28.3. The van der Waals surface area contributed by atoms with Crippen LogP contribution in [0.2, 0.25) is 0 Å². The molecule has 3 aromatic rings. The molecule has 9 heteroatoms. The molecule has 3 aromatic heterocycles. The summed E-state index contributed by atoms with van der Waals surface area (Å²) in [5, 5.41) is 23.9. The Morgan fingerprint density at radius 1 is 0.952 bits per heavy atom. The summed E-state index contributed by atoms with van der Waals surface area (Å²) in [6.07, 6.45) is 18.7. The second-order valence-corrected chi connectivity index (χ2v) is 13.4. The van der Waals surface area contributed by atoms with E-state index in [1.165, 1.54) is 81.5 Å². The van der Waals surface area contributed by atoms with Gasteiger partial charge in [0.2, 0.25) is 5.95 Å². The van der Waals surface area contributed by atoms with Crippen molar-refractivity contribution in [3.05, 3.63) is 58.9 Å². The van der Waals surface area contributed by atoms with Gasteiger partial charge in [-0.15, -0.1) is 10.2 Å². The summed E-state index contributed by atoms with van der Waals surface area (Å²) in [5.74, 6) is 1.64. The lowest BCUT2D eigenvalue weighted by atomic mass is 9.68. The topological polar surface area (TPSA) is 106 Å². The highest BCUT2D eigenvalue weighted by Gasteiger charge is 2.41. The highest BCUT2D eigenvalue weighted by Crippen LogP contribution is 2.42. The molecule has 3 fully saturated rings. The number of anilines is 1. The maximum atomic E-state index is 10.4. The maximum absolute atomic E-state index is 10.4. The van der Waals surface area contributed by atoms with Crippen molar-refractivity contribution in [1.82, 2.24) is 35.4 Å². The van der Waals surface area contributed by atoms with E-state index in [9.17, 15) is 5.11 Å². The number of likely N-dealkylation sites (tertiary alicyclic amines) is 1. The molecule has 3 N–H and O–H groups in total. The molecule has 0 aromatic carbocycles. The molecule has 1 atom stereocenters. The number of rotatable bonds is 4. The van der Waals surface area contributed by atoms with E-state index < -0.39 is 0 Å². The second-order valence-electron chi connectivity index (χ2n) is 13.4. The molecular weight excluding hydrogens is 524 g/mol. The fourth-order valence-corrected chi connectivity index (χ4v) is 8.32. The van der Waals surface area contributed by atoms with Crippen LogP contribution >= 0.6 is 0 Å². The minimum absolute atomic E-state index is 0.100. The number of aliphatic hydroxyl groups excluding tert-OH is 1. The molecule has 6 heterocycles. The van der Waals surface area contributed by atoms with Gasteiger partial charge < -0.3 is 25.2 Å². The summed E-state index contributed by atoms with van der Waals surface area (Å²) in [7, 11) is 0. The van der Waals surface area contributed by atoms with Crippen LogP contribution in [0.15, 0.2) is 36.4 Å². The third-order valence-corrected chi connectivity index (χ3v) is 11.0. The van der Waals surface area contributed by atoms with Crippen LogP contribution < -0.4 is 10.2 Å². The predicted octanol–water partition coefficient (Wildman–Crippen LogP) is 5.20. The van der Waals surface area contributed by atoms with Crippen molar-refractivity contribution in [2.75, 3.05) is 37.6 Å². The maximum Gasteiger partial charge on any atom is 0.225 e. The molecule has 220 valence electrons. The average Bonchev–Trinajstić information content (AvgIpc) is 3.40. The van der Waals surface area contributed by atoms with Gasteiger partial charge in [0.05, 0.1) is 11.7 Å². The molecule has 8 rings (SSSR count). The third-order valence-electron chi connectivity index (χ3n) is 11.0. The van der Waals surface area contributed by atoms with E-state index in [1.807, 2.05) is 6.08 Å². The standard InChI is InChI=1S/C33H42N8O/c1-21-30-26-16-28(25-4-2-3-5-29(25)42)38-39-31(26)37-27(30)10-15-41(21)32-35-17-23(18-36-32)22-8-13-40(14-9-22)24-6-11-33(12-7-24)19-34-20-33/h4-5,16-18,21-22,24,34,42H,2-3,6-15,19-20H2,1H3,(H,37,39)/t21-/m1/s1. The Morgan fingerprint density at radius 2 is 1.71 bits per heavy atom. The van der Waals surface area contributed by atoms with Gasteiger partial charge in [-0.05, 0) is 100 Å². The smallest absolute Gasteiger partial charge is 0.225 e. The van der Waals surface area contributed by atoms with Crippen LogP contribution in [0.25, 0.3) is 16.6 Å². The molecule has 0 amide bonds. The van der Waals surface area contributed by atoms with Gasteiger partial charge >= 0.3 is 0 Å². The van der Waals surface area contributed by atoms with Gasteiger partial charge in [0.15, 0.2) is 5.65 Å². The lowest BCUT2D eigenvalue weighted by molar-refractivity contribution is 0.0403. The van der Waals surface area contributed by atoms with Crippen molar-refractivity contribution in [3.63, 3.8) is 0 Å². The highest BCUT2D eigenvalue weighted by atomic mass is 16.3. The first kappa shape index (κ1) is 26.3. The van der Waals surface area contributed by atoms with E-state index in [2.05, 4.69) is 61.8 Å². The Hall–Kier alpha value is -3.30. The summed E-state index contributed by atoms with van der Waals surface area (Å²) >= 11 is 0. The number of nitrogens with zero attached hydrogens (tertiary/aromatic N) is 6. The number of aliphatic hydroxyl groups is 1. The molecule has 3 aliphatic heterocycles. The summed E-state index contributed by atoms with van der Waals surface area (Å²) in [4.78, 5) is 18.4. The molecule has 1 saturated carbocycles. The molecule has 2 aliphatic carbocycles. The van der Waals surface area contributed by atoms with Crippen LogP contribution in [0.4, 0.5) is 5.95 Å². The van der Waals surface area contributed by atoms with Crippen molar-refractivity contribution in [3.8, 4) is 0 Å². The lowest BCUT2D eigenvalue weighted by Crippen LogP contribution is -2.57. The number of piperidine rings is 1. The second kappa shape index (κ2) is 10.5. The van der Waals surface area contributed by atoms with Crippen LogP contribution in [-0.4, -0.2) is 73.9 Å². The summed E-state index contributed by atoms with van der Waals surface area (Å²) in [6, 6.07) is 2.96. The molecule has 9 nitrogen and oxygen atoms in total. The third kappa shape index (κ3) is 4.52. The monoisotopic (exact) mass is 566 g/mol. The minimum Gasteiger partial charge on any atom is -0.508 e. The normalized spacial score (nSPS) is 25.3. The van der Waals surface area contributed by atoms with Crippen LogP contribution in [0.1, 0.15) is 92.8 Å². The van der Waals surface area contributed by atoms with Crippen molar-refractivity contribution in [2.45, 2.75) is 82.7 Å². The van der Waals surface area contributed by atoms with E-state index in [0.29, 0.717) is 17.1 Å². The number of allylic oxidation sites excluding steroid dienone is 3.